The maximum absolute atomic E-state index is 12.7. The highest BCUT2D eigenvalue weighted by atomic mass is 79.9. The lowest BCUT2D eigenvalue weighted by Crippen LogP contribution is -2.39. The quantitative estimate of drug-likeness (QED) is 0.260. The van der Waals surface area contributed by atoms with E-state index >= 15 is 0 Å². The number of hydrazone groups is 1. The molecule has 0 saturated heterocycles. The summed E-state index contributed by atoms with van der Waals surface area (Å²) in [6, 6.07) is 22.8. The number of aryl methyl sites for hydroxylation is 1. The van der Waals surface area contributed by atoms with E-state index < -0.39 is 15.9 Å². The van der Waals surface area contributed by atoms with Crippen molar-refractivity contribution in [1.29, 1.82) is 0 Å². The highest BCUT2D eigenvalue weighted by molar-refractivity contribution is 9.10. The largest absolute Gasteiger partial charge is 0.318 e. The summed E-state index contributed by atoms with van der Waals surface area (Å²) in [5.74, 6) is -0.541. The molecule has 1 N–H and O–H groups in total. The summed E-state index contributed by atoms with van der Waals surface area (Å²) in [4.78, 5) is 12.7. The number of anilines is 1. The molecule has 4 rings (SSSR count). The number of fused-ring (bicyclic) bond motifs is 1. The summed E-state index contributed by atoms with van der Waals surface area (Å²) in [6.45, 7) is 3.59. The Bertz CT molecular complexity index is 1540. The van der Waals surface area contributed by atoms with Crippen molar-refractivity contribution < 1.29 is 13.2 Å². The molecule has 7 nitrogen and oxygen atoms in total. The number of carbonyl (C=O) groups is 1. The van der Waals surface area contributed by atoms with Crippen LogP contribution in [0.2, 0.25) is 0 Å². The molecule has 0 bridgehead atoms. The molecule has 0 aliphatic rings. The molecule has 0 unspecified atom stereocenters. The number of nitrogens with zero attached hydrogens (tertiary/aromatic N) is 3. The van der Waals surface area contributed by atoms with Crippen LogP contribution >= 0.6 is 15.9 Å². The van der Waals surface area contributed by atoms with E-state index in [0.29, 0.717) is 5.69 Å². The van der Waals surface area contributed by atoms with Gasteiger partial charge in [0.2, 0.25) is 10.0 Å². The number of carbonyl (C=O) groups excluding carboxylic acids is 1. The normalized spacial score (nSPS) is 11.8. The Hall–Kier alpha value is -3.43. The minimum absolute atomic E-state index is 0.388. The molecule has 1 aromatic heterocycles. The number of amides is 1. The number of sulfonamides is 1. The zero-order valence-corrected chi connectivity index (χ0v) is 22.0. The van der Waals surface area contributed by atoms with Crippen LogP contribution in [0.4, 0.5) is 5.69 Å². The SMILES string of the molecule is Cc1cc(/C=N\NC(=O)CN(c2cccc3ccccc23)S(C)(=O)=O)c(C)n1-c1cccc(Br)c1. The van der Waals surface area contributed by atoms with Gasteiger partial charge in [0.05, 0.1) is 18.2 Å². The first kappa shape index (κ1) is 24.7. The zero-order chi connectivity index (χ0) is 25.2. The molecule has 1 heterocycles. The molecule has 0 saturated carbocycles. The Morgan fingerprint density at radius 2 is 1.77 bits per heavy atom. The van der Waals surface area contributed by atoms with Crippen LogP contribution in [0.3, 0.4) is 0 Å². The Balaban J connectivity index is 1.53. The molecular formula is C26H25BrN4O3S. The first-order valence-corrected chi connectivity index (χ1v) is 13.5. The molecule has 3 aromatic carbocycles. The number of nitrogens with one attached hydrogen (secondary N) is 1. The Morgan fingerprint density at radius 1 is 1.06 bits per heavy atom. The lowest BCUT2D eigenvalue weighted by Gasteiger charge is -2.23. The van der Waals surface area contributed by atoms with Crippen LogP contribution in [0.15, 0.2) is 82.4 Å². The molecule has 9 heteroatoms. The molecule has 0 atom stereocenters. The van der Waals surface area contributed by atoms with Crippen molar-refractivity contribution in [2.45, 2.75) is 13.8 Å². The van der Waals surface area contributed by atoms with Gasteiger partial charge in [0.1, 0.15) is 6.54 Å². The third-order valence-corrected chi connectivity index (χ3v) is 7.27. The molecule has 0 aliphatic heterocycles. The Morgan fingerprint density at radius 3 is 2.51 bits per heavy atom. The number of aromatic nitrogens is 1. The van der Waals surface area contributed by atoms with Gasteiger partial charge >= 0.3 is 0 Å². The molecule has 35 heavy (non-hydrogen) atoms. The summed E-state index contributed by atoms with van der Waals surface area (Å²) in [6.07, 6.45) is 2.65. The fourth-order valence-corrected chi connectivity index (χ4v) is 5.33. The van der Waals surface area contributed by atoms with Crippen LogP contribution in [0.1, 0.15) is 17.0 Å². The van der Waals surface area contributed by atoms with Crippen molar-refractivity contribution in [2.75, 3.05) is 17.1 Å². The van der Waals surface area contributed by atoms with Crippen molar-refractivity contribution in [1.82, 2.24) is 9.99 Å². The number of hydrogen-bond donors (Lipinski definition) is 1. The molecule has 4 aromatic rings. The fraction of sp³-hybridized carbons (Fsp3) is 0.154. The molecule has 1 amide bonds. The standard InChI is InChI=1S/C26H25BrN4O3S/c1-18-14-21(19(2)31(18)23-11-7-10-22(27)15-23)16-28-29-26(32)17-30(35(3,33)34)25-13-6-9-20-8-4-5-12-24(20)25/h4-16H,17H2,1-3H3,(H,29,32)/b28-16-. The van der Waals surface area contributed by atoms with Crippen LogP contribution in [0, 0.1) is 13.8 Å². The molecule has 0 spiro atoms. The predicted molar refractivity (Wildman–Crippen MR) is 145 cm³/mol. The van der Waals surface area contributed by atoms with Crippen molar-refractivity contribution in [3.63, 3.8) is 0 Å². The second-order valence-corrected chi connectivity index (χ2v) is 11.0. The van der Waals surface area contributed by atoms with E-state index in [9.17, 15) is 13.2 Å². The van der Waals surface area contributed by atoms with Crippen LogP contribution in [-0.2, 0) is 14.8 Å². The second-order valence-electron chi connectivity index (χ2n) is 8.20. The lowest BCUT2D eigenvalue weighted by molar-refractivity contribution is -0.119. The van der Waals surface area contributed by atoms with Gasteiger partial charge in [-0.3, -0.25) is 9.10 Å². The third-order valence-electron chi connectivity index (χ3n) is 5.65. The van der Waals surface area contributed by atoms with Crippen molar-refractivity contribution in [3.8, 4) is 5.69 Å². The summed E-state index contributed by atoms with van der Waals surface area (Å²) in [5, 5.41) is 5.72. The maximum atomic E-state index is 12.7. The minimum Gasteiger partial charge on any atom is -0.318 e. The van der Waals surface area contributed by atoms with Gasteiger partial charge in [0, 0.05) is 32.5 Å². The summed E-state index contributed by atoms with van der Waals surface area (Å²) in [7, 11) is -3.71. The van der Waals surface area contributed by atoms with Gasteiger partial charge < -0.3 is 4.57 Å². The van der Waals surface area contributed by atoms with Gasteiger partial charge in [0.15, 0.2) is 0 Å². The zero-order valence-electron chi connectivity index (χ0n) is 19.6. The van der Waals surface area contributed by atoms with Gasteiger partial charge in [-0.05, 0) is 49.6 Å². The fourth-order valence-electron chi connectivity index (χ4n) is 4.08. The van der Waals surface area contributed by atoms with E-state index in [4.69, 9.17) is 0 Å². The average Bonchev–Trinajstić information content (AvgIpc) is 3.09. The first-order valence-electron chi connectivity index (χ1n) is 10.9. The number of benzene rings is 3. The number of rotatable bonds is 7. The van der Waals surface area contributed by atoms with Crippen molar-refractivity contribution >= 4 is 54.5 Å². The van der Waals surface area contributed by atoms with E-state index in [-0.39, 0.29) is 6.54 Å². The topological polar surface area (TPSA) is 83.8 Å². The molecule has 0 aliphatic carbocycles. The van der Waals surface area contributed by atoms with E-state index in [1.54, 1.807) is 18.3 Å². The van der Waals surface area contributed by atoms with E-state index in [1.807, 2.05) is 74.5 Å². The van der Waals surface area contributed by atoms with Gasteiger partial charge in [-0.25, -0.2) is 13.8 Å². The molecule has 0 radical (unpaired) electrons. The van der Waals surface area contributed by atoms with Gasteiger partial charge in [-0.1, -0.05) is 58.4 Å². The average molecular weight is 553 g/mol. The van der Waals surface area contributed by atoms with Gasteiger partial charge in [0.25, 0.3) is 5.91 Å². The minimum atomic E-state index is -3.71. The Labute approximate surface area is 213 Å². The second kappa shape index (κ2) is 10.1. The molecule has 180 valence electrons. The highest BCUT2D eigenvalue weighted by Crippen LogP contribution is 2.28. The monoisotopic (exact) mass is 552 g/mol. The molecule has 0 fully saturated rings. The van der Waals surface area contributed by atoms with Crippen LogP contribution in [0.25, 0.3) is 16.5 Å². The smallest absolute Gasteiger partial charge is 0.260 e. The summed E-state index contributed by atoms with van der Waals surface area (Å²) >= 11 is 3.50. The van der Waals surface area contributed by atoms with E-state index in [1.165, 1.54) is 0 Å². The van der Waals surface area contributed by atoms with E-state index in [2.05, 4.69) is 31.0 Å². The maximum Gasteiger partial charge on any atom is 0.260 e. The van der Waals surface area contributed by atoms with Crippen LogP contribution in [0.5, 0.6) is 0 Å². The van der Waals surface area contributed by atoms with Crippen molar-refractivity contribution in [2.24, 2.45) is 5.10 Å². The lowest BCUT2D eigenvalue weighted by atomic mass is 10.1. The van der Waals surface area contributed by atoms with Crippen LogP contribution < -0.4 is 9.73 Å². The summed E-state index contributed by atoms with van der Waals surface area (Å²) < 4.78 is 29.3. The van der Waals surface area contributed by atoms with Crippen LogP contribution in [-0.4, -0.2) is 37.9 Å². The summed E-state index contributed by atoms with van der Waals surface area (Å²) in [5.41, 5.74) is 6.75. The Kier molecular flexibility index (Phi) is 7.09. The number of hydrogen-bond acceptors (Lipinski definition) is 4. The first-order chi connectivity index (χ1) is 16.6. The van der Waals surface area contributed by atoms with E-state index in [0.717, 1.165) is 48.4 Å². The highest BCUT2D eigenvalue weighted by Gasteiger charge is 2.22. The van der Waals surface area contributed by atoms with Gasteiger partial charge in [-0.15, -0.1) is 0 Å². The third kappa shape index (κ3) is 5.47. The van der Waals surface area contributed by atoms with Crippen molar-refractivity contribution in [3.05, 3.63) is 94.2 Å². The molecular weight excluding hydrogens is 528 g/mol. The number of halogens is 1. The van der Waals surface area contributed by atoms with Gasteiger partial charge in [-0.2, -0.15) is 5.10 Å². The predicted octanol–water partition coefficient (Wildman–Crippen LogP) is 4.93.